The fourth-order valence-electron chi connectivity index (χ4n) is 5.45. The van der Waals surface area contributed by atoms with Crippen LogP contribution in [0.2, 0.25) is 0 Å². The summed E-state index contributed by atoms with van der Waals surface area (Å²) in [5, 5.41) is 0. The molecule has 0 fully saturated rings. The van der Waals surface area contributed by atoms with E-state index >= 15 is 0 Å². The fourth-order valence-corrected chi connectivity index (χ4v) is 5.45. The summed E-state index contributed by atoms with van der Waals surface area (Å²) < 4.78 is 16.6. The zero-order valence-electron chi connectivity index (χ0n) is 28.8. The van der Waals surface area contributed by atoms with Gasteiger partial charge < -0.3 is 14.2 Å². The second-order valence-corrected chi connectivity index (χ2v) is 12.5. The van der Waals surface area contributed by atoms with E-state index in [4.69, 9.17) is 14.2 Å². The molecule has 6 nitrogen and oxygen atoms in total. The molecule has 0 amide bonds. The van der Waals surface area contributed by atoms with E-state index in [-0.39, 0.29) is 18.0 Å². The van der Waals surface area contributed by atoms with Gasteiger partial charge in [0.1, 0.15) is 11.5 Å². The molecule has 3 aromatic carbocycles. The van der Waals surface area contributed by atoms with Crippen molar-refractivity contribution in [3.63, 3.8) is 0 Å². The molecule has 0 heterocycles. The van der Waals surface area contributed by atoms with Crippen LogP contribution in [0.15, 0.2) is 72.8 Å². The topological polar surface area (TPSA) is 78.9 Å². The van der Waals surface area contributed by atoms with E-state index in [0.717, 1.165) is 43.2 Å². The number of ether oxygens (including phenoxy) is 3. The minimum absolute atomic E-state index is 0.139. The third-order valence-corrected chi connectivity index (χ3v) is 8.35. The Labute approximate surface area is 282 Å². The van der Waals surface area contributed by atoms with E-state index in [1.807, 2.05) is 31.2 Å². The number of carbonyl (C=O) groups excluding carboxylic acids is 3. The Morgan fingerprint density at radius 2 is 0.936 bits per heavy atom. The van der Waals surface area contributed by atoms with Crippen molar-refractivity contribution < 1.29 is 28.6 Å². The maximum absolute atomic E-state index is 12.7. The van der Waals surface area contributed by atoms with Crippen molar-refractivity contribution in [2.45, 2.75) is 130 Å². The summed E-state index contributed by atoms with van der Waals surface area (Å²) >= 11 is 0. The molecule has 0 aliphatic rings. The molecule has 0 aliphatic carbocycles. The molecule has 1 atom stereocenters. The second-order valence-electron chi connectivity index (χ2n) is 12.5. The first-order valence-electron chi connectivity index (χ1n) is 17.8. The first-order chi connectivity index (χ1) is 22.9. The normalized spacial score (nSPS) is 11.6. The Kier molecular flexibility index (Phi) is 17.4. The highest BCUT2D eigenvalue weighted by atomic mass is 16.5. The molecule has 0 saturated carbocycles. The minimum Gasteiger partial charge on any atom is -0.459 e. The third-order valence-electron chi connectivity index (χ3n) is 8.35. The Balaban J connectivity index is 1.38. The zero-order chi connectivity index (χ0) is 33.7. The lowest BCUT2D eigenvalue weighted by Crippen LogP contribution is -2.15. The number of rotatable bonds is 22. The summed E-state index contributed by atoms with van der Waals surface area (Å²) in [4.78, 5) is 37.5. The van der Waals surface area contributed by atoms with Gasteiger partial charge in [-0.3, -0.25) is 4.79 Å². The van der Waals surface area contributed by atoms with E-state index in [2.05, 4.69) is 13.8 Å². The molecule has 0 aliphatic heterocycles. The molecule has 0 saturated heterocycles. The molecule has 0 N–H and O–H groups in total. The molecule has 254 valence electrons. The van der Waals surface area contributed by atoms with Gasteiger partial charge in [-0.15, -0.1) is 0 Å². The molecule has 0 radical (unpaired) electrons. The first kappa shape index (κ1) is 37.5. The van der Waals surface area contributed by atoms with Crippen LogP contribution < -0.4 is 9.47 Å². The largest absolute Gasteiger partial charge is 0.459 e. The molecule has 47 heavy (non-hydrogen) atoms. The van der Waals surface area contributed by atoms with Gasteiger partial charge >= 0.3 is 17.9 Å². The van der Waals surface area contributed by atoms with Crippen molar-refractivity contribution >= 4 is 17.9 Å². The summed E-state index contributed by atoms with van der Waals surface area (Å²) in [7, 11) is 0. The van der Waals surface area contributed by atoms with E-state index in [9.17, 15) is 14.4 Å². The number of hydrogen-bond donors (Lipinski definition) is 0. The predicted molar refractivity (Wildman–Crippen MR) is 189 cm³/mol. The summed E-state index contributed by atoms with van der Waals surface area (Å²) in [5.41, 5.74) is 2.69. The standard InChI is InChI=1S/C41H54O6/c1-4-6-8-10-11-12-13-14-15-17-19-39(42)46-37-28-24-34(25-29-37)33-20-22-35(23-21-33)41(44)47-38-30-26-36(27-31-38)40(43)45-32(3)18-16-9-7-5-2/h20-32H,4-19H2,1-3H3. The van der Waals surface area contributed by atoms with E-state index in [1.54, 1.807) is 48.5 Å². The zero-order valence-corrected chi connectivity index (χ0v) is 28.8. The van der Waals surface area contributed by atoms with Crippen molar-refractivity contribution in [2.75, 3.05) is 0 Å². The van der Waals surface area contributed by atoms with Crippen molar-refractivity contribution in [1.82, 2.24) is 0 Å². The van der Waals surface area contributed by atoms with Gasteiger partial charge in [0.2, 0.25) is 0 Å². The summed E-state index contributed by atoms with van der Waals surface area (Å²) in [6.45, 7) is 6.33. The highest BCUT2D eigenvalue weighted by Crippen LogP contribution is 2.24. The number of hydrogen-bond acceptors (Lipinski definition) is 6. The van der Waals surface area contributed by atoms with Crippen LogP contribution in [0.25, 0.3) is 11.1 Å². The van der Waals surface area contributed by atoms with Gasteiger partial charge in [0.25, 0.3) is 0 Å². The number of benzene rings is 3. The van der Waals surface area contributed by atoms with Crippen LogP contribution in [0.1, 0.15) is 144 Å². The molecule has 3 rings (SSSR count). The highest BCUT2D eigenvalue weighted by molar-refractivity contribution is 5.92. The van der Waals surface area contributed by atoms with Crippen molar-refractivity contribution in [1.29, 1.82) is 0 Å². The SMILES string of the molecule is CCCCCCCCCCCCC(=O)Oc1ccc(-c2ccc(C(=O)Oc3ccc(C(=O)OC(C)CCCCCC)cc3)cc2)cc1. The van der Waals surface area contributed by atoms with Crippen LogP contribution in [-0.4, -0.2) is 24.0 Å². The van der Waals surface area contributed by atoms with E-state index < -0.39 is 5.97 Å². The maximum atomic E-state index is 12.7. The molecular formula is C41H54O6. The van der Waals surface area contributed by atoms with Crippen LogP contribution >= 0.6 is 0 Å². The average Bonchev–Trinajstić information content (AvgIpc) is 3.08. The van der Waals surface area contributed by atoms with Gasteiger partial charge in [0.15, 0.2) is 0 Å². The molecule has 0 aromatic heterocycles. The van der Waals surface area contributed by atoms with E-state index in [0.29, 0.717) is 29.0 Å². The monoisotopic (exact) mass is 642 g/mol. The lowest BCUT2D eigenvalue weighted by atomic mass is 10.0. The number of unbranched alkanes of at least 4 members (excludes halogenated alkanes) is 12. The summed E-state index contributed by atoms with van der Waals surface area (Å²) in [6, 6.07) is 20.9. The Morgan fingerprint density at radius 1 is 0.511 bits per heavy atom. The molecule has 0 bridgehead atoms. The van der Waals surface area contributed by atoms with Crippen molar-refractivity contribution in [3.8, 4) is 22.6 Å². The van der Waals surface area contributed by atoms with Gasteiger partial charge in [-0.1, -0.05) is 115 Å². The Hall–Kier alpha value is -3.93. The number of esters is 3. The highest BCUT2D eigenvalue weighted by Gasteiger charge is 2.14. The maximum Gasteiger partial charge on any atom is 0.343 e. The molecule has 3 aromatic rings. The summed E-state index contributed by atoms with van der Waals surface area (Å²) in [5.74, 6) is -0.185. The quantitative estimate of drug-likeness (QED) is 0.0616. The second kappa shape index (κ2) is 21.8. The molecule has 0 spiro atoms. The first-order valence-corrected chi connectivity index (χ1v) is 17.8. The Bertz CT molecular complexity index is 1330. The lowest BCUT2D eigenvalue weighted by Gasteiger charge is -2.13. The smallest absolute Gasteiger partial charge is 0.343 e. The lowest BCUT2D eigenvalue weighted by molar-refractivity contribution is -0.134. The van der Waals surface area contributed by atoms with Crippen LogP contribution in [0, 0.1) is 0 Å². The van der Waals surface area contributed by atoms with Crippen molar-refractivity contribution in [2.24, 2.45) is 0 Å². The van der Waals surface area contributed by atoms with Gasteiger partial charge in [-0.05, 0) is 85.8 Å². The van der Waals surface area contributed by atoms with Crippen molar-refractivity contribution in [3.05, 3.63) is 83.9 Å². The third kappa shape index (κ3) is 14.6. The van der Waals surface area contributed by atoms with Gasteiger partial charge in [-0.25, -0.2) is 9.59 Å². The summed E-state index contributed by atoms with van der Waals surface area (Å²) in [6.07, 6.45) is 18.0. The van der Waals surface area contributed by atoms with Crippen LogP contribution in [-0.2, 0) is 9.53 Å². The fraction of sp³-hybridized carbons (Fsp3) is 0.488. The van der Waals surface area contributed by atoms with Crippen LogP contribution in [0.4, 0.5) is 0 Å². The average molecular weight is 643 g/mol. The minimum atomic E-state index is -0.489. The van der Waals surface area contributed by atoms with Crippen LogP contribution in [0.5, 0.6) is 11.5 Å². The molecular weight excluding hydrogens is 588 g/mol. The number of carbonyl (C=O) groups is 3. The van der Waals surface area contributed by atoms with Crippen LogP contribution in [0.3, 0.4) is 0 Å². The van der Waals surface area contributed by atoms with Gasteiger partial charge in [0, 0.05) is 6.42 Å². The van der Waals surface area contributed by atoms with Gasteiger partial charge in [0.05, 0.1) is 17.2 Å². The molecule has 6 heteroatoms. The Morgan fingerprint density at radius 3 is 1.51 bits per heavy atom. The van der Waals surface area contributed by atoms with E-state index in [1.165, 1.54) is 64.2 Å². The predicted octanol–water partition coefficient (Wildman–Crippen LogP) is 11.3. The molecule has 1 unspecified atom stereocenters. The van der Waals surface area contributed by atoms with Gasteiger partial charge in [-0.2, -0.15) is 0 Å².